The van der Waals surface area contributed by atoms with Gasteiger partial charge < -0.3 is 20.1 Å². The van der Waals surface area contributed by atoms with E-state index in [1.807, 2.05) is 0 Å². The molecule has 45 heavy (non-hydrogen) atoms. The summed E-state index contributed by atoms with van der Waals surface area (Å²) in [7, 11) is 0. The molecule has 2 heterocycles. The van der Waals surface area contributed by atoms with E-state index >= 15 is 0 Å². The van der Waals surface area contributed by atoms with Crippen molar-refractivity contribution in [2.45, 2.75) is 24.7 Å². The lowest BCUT2D eigenvalue weighted by Gasteiger charge is -2.33. The van der Waals surface area contributed by atoms with Crippen LogP contribution in [-0.4, -0.2) is 21.9 Å². The van der Waals surface area contributed by atoms with Gasteiger partial charge in [0.05, 0.1) is 10.5 Å². The van der Waals surface area contributed by atoms with E-state index in [4.69, 9.17) is 9.47 Å². The largest absolute Gasteiger partial charge is 0.457 e. The minimum Gasteiger partial charge on any atom is -0.457 e. The van der Waals surface area contributed by atoms with E-state index in [1.165, 1.54) is 66.7 Å². The minimum atomic E-state index is -4.64. The number of alkyl halides is 3. The Kier molecular flexibility index (Phi) is 8.19. The number of nitrogens with zero attached hydrogens (tertiary/aromatic N) is 2. The molecular formula is C32H22BrF5N4O3. The van der Waals surface area contributed by atoms with Gasteiger partial charge in [0.1, 0.15) is 40.5 Å². The van der Waals surface area contributed by atoms with Crippen molar-refractivity contribution < 1.29 is 36.2 Å². The molecule has 2 atom stereocenters. The van der Waals surface area contributed by atoms with Crippen LogP contribution in [0.5, 0.6) is 23.0 Å². The second kappa shape index (κ2) is 12.2. The molecule has 4 aromatic carbocycles. The van der Waals surface area contributed by atoms with Crippen LogP contribution in [0.3, 0.4) is 0 Å². The SMILES string of the molecule is O=C(Nc1cc(Oc2ccc(F)cc2)cc(Oc2ccc(F)cc2)c1)c1nn2c(c1Br)NC(c1ccccc1)CC2C(F)(F)F. The third kappa shape index (κ3) is 6.78. The van der Waals surface area contributed by atoms with Crippen LogP contribution in [0.15, 0.2) is 102 Å². The summed E-state index contributed by atoms with van der Waals surface area (Å²) in [6, 6.07) is 20.9. The first-order valence-electron chi connectivity index (χ1n) is 13.5. The fraction of sp³-hybridized carbons (Fsp3) is 0.125. The fourth-order valence-corrected chi connectivity index (χ4v) is 5.42. The molecule has 13 heteroatoms. The Balaban J connectivity index is 1.31. The van der Waals surface area contributed by atoms with Crippen molar-refractivity contribution in [3.63, 3.8) is 0 Å². The molecular weight excluding hydrogens is 663 g/mol. The Morgan fingerprint density at radius 2 is 1.40 bits per heavy atom. The van der Waals surface area contributed by atoms with Crippen molar-refractivity contribution in [3.8, 4) is 23.0 Å². The normalized spacial score (nSPS) is 16.0. The van der Waals surface area contributed by atoms with Crippen LogP contribution in [0, 0.1) is 11.6 Å². The number of hydrogen-bond acceptors (Lipinski definition) is 5. The molecule has 1 aromatic heterocycles. The summed E-state index contributed by atoms with van der Waals surface area (Å²) >= 11 is 3.29. The van der Waals surface area contributed by atoms with E-state index < -0.39 is 35.8 Å². The van der Waals surface area contributed by atoms with E-state index in [0.717, 1.165) is 4.68 Å². The number of benzene rings is 4. The van der Waals surface area contributed by atoms with E-state index in [2.05, 4.69) is 31.7 Å². The molecule has 230 valence electrons. The number of amides is 1. The Bertz CT molecular complexity index is 1770. The predicted molar refractivity (Wildman–Crippen MR) is 160 cm³/mol. The third-order valence-electron chi connectivity index (χ3n) is 6.95. The lowest BCUT2D eigenvalue weighted by molar-refractivity contribution is -0.173. The number of nitrogens with one attached hydrogen (secondary N) is 2. The highest BCUT2D eigenvalue weighted by Crippen LogP contribution is 2.46. The van der Waals surface area contributed by atoms with Crippen LogP contribution >= 0.6 is 15.9 Å². The molecule has 5 aromatic rings. The lowest BCUT2D eigenvalue weighted by Crippen LogP contribution is -2.35. The van der Waals surface area contributed by atoms with Gasteiger partial charge in [-0.05, 0) is 70.0 Å². The van der Waals surface area contributed by atoms with Gasteiger partial charge in [0.2, 0.25) is 0 Å². The first-order chi connectivity index (χ1) is 21.5. The van der Waals surface area contributed by atoms with Gasteiger partial charge in [-0.3, -0.25) is 4.79 Å². The molecule has 0 saturated carbocycles. The molecule has 6 rings (SSSR count). The zero-order valence-electron chi connectivity index (χ0n) is 23.0. The highest BCUT2D eigenvalue weighted by atomic mass is 79.9. The monoisotopic (exact) mass is 684 g/mol. The number of rotatable bonds is 7. The Morgan fingerprint density at radius 3 is 1.93 bits per heavy atom. The molecule has 7 nitrogen and oxygen atoms in total. The van der Waals surface area contributed by atoms with Crippen molar-refractivity contribution in [1.82, 2.24) is 9.78 Å². The number of carbonyl (C=O) groups is 1. The first kappa shape index (κ1) is 30.1. The molecule has 0 aliphatic carbocycles. The Labute approximate surface area is 261 Å². The van der Waals surface area contributed by atoms with Gasteiger partial charge in [0.15, 0.2) is 11.7 Å². The number of anilines is 2. The van der Waals surface area contributed by atoms with E-state index in [0.29, 0.717) is 5.56 Å². The van der Waals surface area contributed by atoms with Gasteiger partial charge in [-0.2, -0.15) is 18.3 Å². The Hall–Kier alpha value is -4.91. The van der Waals surface area contributed by atoms with Crippen molar-refractivity contribution in [2.75, 3.05) is 10.6 Å². The molecule has 2 N–H and O–H groups in total. The number of halogens is 6. The standard InChI is InChI=1S/C32H22BrF5N4O3/c33-28-29(41-42-27(32(36,37)38)17-26(40-30(28)42)18-4-2-1-3-5-18)31(43)39-21-14-24(44-22-10-6-19(34)7-11-22)16-25(15-21)45-23-12-8-20(35)9-13-23/h1-16,26-27,40H,17H2,(H,39,43). The lowest BCUT2D eigenvalue weighted by atomic mass is 9.97. The van der Waals surface area contributed by atoms with Crippen molar-refractivity contribution in [3.05, 3.63) is 124 Å². The molecule has 0 spiro atoms. The Morgan fingerprint density at radius 1 is 0.844 bits per heavy atom. The summed E-state index contributed by atoms with van der Waals surface area (Å²) in [5.74, 6) is -0.785. The summed E-state index contributed by atoms with van der Waals surface area (Å²) < 4.78 is 82.0. The molecule has 1 aliphatic rings. The molecule has 1 aliphatic heterocycles. The van der Waals surface area contributed by atoms with Gasteiger partial charge in [0.25, 0.3) is 5.91 Å². The van der Waals surface area contributed by atoms with Gasteiger partial charge in [-0.1, -0.05) is 30.3 Å². The van der Waals surface area contributed by atoms with Gasteiger partial charge >= 0.3 is 6.18 Å². The highest BCUT2D eigenvalue weighted by Gasteiger charge is 2.47. The van der Waals surface area contributed by atoms with E-state index in [1.54, 1.807) is 30.3 Å². The van der Waals surface area contributed by atoms with Crippen LogP contribution in [-0.2, 0) is 0 Å². The molecule has 2 unspecified atom stereocenters. The summed E-state index contributed by atoms with van der Waals surface area (Å²) in [6.45, 7) is 0. The van der Waals surface area contributed by atoms with E-state index in [-0.39, 0.29) is 51.1 Å². The van der Waals surface area contributed by atoms with E-state index in [9.17, 15) is 26.7 Å². The van der Waals surface area contributed by atoms with Crippen molar-refractivity contribution >= 4 is 33.3 Å². The average molecular weight is 685 g/mol. The van der Waals surface area contributed by atoms with Gasteiger partial charge in [-0.15, -0.1) is 0 Å². The summed E-state index contributed by atoms with van der Waals surface area (Å²) in [5, 5.41) is 9.79. The second-order valence-corrected chi connectivity index (χ2v) is 10.9. The van der Waals surface area contributed by atoms with Crippen LogP contribution in [0.2, 0.25) is 0 Å². The van der Waals surface area contributed by atoms with Crippen LogP contribution < -0.4 is 20.1 Å². The quantitative estimate of drug-likeness (QED) is 0.167. The molecule has 0 radical (unpaired) electrons. The topological polar surface area (TPSA) is 77.4 Å². The minimum absolute atomic E-state index is 0.0105. The van der Waals surface area contributed by atoms with Gasteiger partial charge in [-0.25, -0.2) is 13.5 Å². The third-order valence-corrected chi connectivity index (χ3v) is 7.70. The first-order valence-corrected chi connectivity index (χ1v) is 14.3. The van der Waals surface area contributed by atoms with Gasteiger partial charge in [0, 0.05) is 30.3 Å². The summed E-state index contributed by atoms with van der Waals surface area (Å²) in [4.78, 5) is 13.5. The maximum absolute atomic E-state index is 14.2. The smallest absolute Gasteiger partial charge is 0.410 e. The zero-order valence-corrected chi connectivity index (χ0v) is 24.6. The molecule has 0 fully saturated rings. The number of carbonyl (C=O) groups excluding carboxylic acids is 1. The van der Waals surface area contributed by atoms with Crippen LogP contribution in [0.4, 0.5) is 33.5 Å². The number of hydrogen-bond donors (Lipinski definition) is 2. The van der Waals surface area contributed by atoms with Crippen molar-refractivity contribution in [2.24, 2.45) is 0 Å². The zero-order chi connectivity index (χ0) is 31.7. The van der Waals surface area contributed by atoms with Crippen molar-refractivity contribution in [1.29, 1.82) is 0 Å². The average Bonchev–Trinajstić information content (AvgIpc) is 3.35. The maximum atomic E-state index is 14.2. The molecule has 0 saturated heterocycles. The highest BCUT2D eigenvalue weighted by molar-refractivity contribution is 9.10. The predicted octanol–water partition coefficient (Wildman–Crippen LogP) is 9.42. The number of ether oxygens (including phenoxy) is 2. The fourth-order valence-electron chi connectivity index (χ4n) is 4.87. The molecule has 1 amide bonds. The summed E-state index contributed by atoms with van der Waals surface area (Å²) in [6.07, 6.45) is -4.97. The maximum Gasteiger partial charge on any atom is 0.410 e. The molecule has 0 bridgehead atoms. The second-order valence-electron chi connectivity index (χ2n) is 10.1. The number of aromatic nitrogens is 2. The van der Waals surface area contributed by atoms with Crippen LogP contribution in [0.25, 0.3) is 0 Å². The number of fused-ring (bicyclic) bond motifs is 1. The van der Waals surface area contributed by atoms with Crippen LogP contribution in [0.1, 0.15) is 34.6 Å². The summed E-state index contributed by atoms with van der Waals surface area (Å²) in [5.41, 5.74) is 0.521.